The fourth-order valence-corrected chi connectivity index (χ4v) is 2.49. The van der Waals surface area contributed by atoms with Gasteiger partial charge in [0.2, 0.25) is 0 Å². The van der Waals surface area contributed by atoms with E-state index in [1.54, 1.807) is 20.4 Å². The van der Waals surface area contributed by atoms with E-state index in [0.717, 1.165) is 15.6 Å². The van der Waals surface area contributed by atoms with Gasteiger partial charge in [-0.3, -0.25) is 0 Å². The molecule has 0 amide bonds. The number of rotatable bonds is 8. The minimum absolute atomic E-state index is 0.210. The summed E-state index contributed by atoms with van der Waals surface area (Å²) in [6, 6.07) is 11.4. The zero-order valence-electron chi connectivity index (χ0n) is 14.1. The second-order valence-electron chi connectivity index (χ2n) is 4.96. The lowest BCUT2D eigenvalue weighted by atomic mass is 10.2. The summed E-state index contributed by atoms with van der Waals surface area (Å²) >= 11 is 3.44. The number of benzene rings is 2. The number of ether oxygens (including phenoxy) is 3. The smallest absolute Gasteiger partial charge is 0.161 e. The molecule has 0 saturated carbocycles. The molecule has 0 aliphatic heterocycles. The van der Waals surface area contributed by atoms with Gasteiger partial charge < -0.3 is 19.6 Å². The zero-order chi connectivity index (χ0) is 18.1. The van der Waals surface area contributed by atoms with Crippen LogP contribution in [0.4, 0.5) is 0 Å². The number of halogens is 1. The van der Waals surface area contributed by atoms with Crippen LogP contribution in [0.1, 0.15) is 11.1 Å². The molecule has 5 nitrogen and oxygen atoms in total. The van der Waals surface area contributed by atoms with Gasteiger partial charge in [-0.15, -0.1) is 6.42 Å². The van der Waals surface area contributed by atoms with Crippen molar-refractivity contribution in [2.45, 2.75) is 6.54 Å². The minimum Gasteiger partial charge on any atom is -0.493 e. The summed E-state index contributed by atoms with van der Waals surface area (Å²) in [7, 11) is 3.22. The predicted octanol–water partition coefficient (Wildman–Crippen LogP) is 3.60. The van der Waals surface area contributed by atoms with Crippen LogP contribution in [0.25, 0.3) is 0 Å². The van der Waals surface area contributed by atoms with Crippen LogP contribution >= 0.6 is 15.9 Å². The number of hydrogen-bond acceptors (Lipinski definition) is 5. The van der Waals surface area contributed by atoms with Crippen molar-refractivity contribution in [2.75, 3.05) is 20.8 Å². The Hall–Kier alpha value is -2.65. The molecular formula is C19H19BrN2O3. The fraction of sp³-hybridized carbons (Fsp3) is 0.211. The Morgan fingerprint density at radius 1 is 1.12 bits per heavy atom. The molecule has 0 aliphatic rings. The van der Waals surface area contributed by atoms with E-state index < -0.39 is 0 Å². The van der Waals surface area contributed by atoms with Gasteiger partial charge in [0.05, 0.1) is 27.0 Å². The van der Waals surface area contributed by atoms with Gasteiger partial charge in [0, 0.05) is 10.0 Å². The molecule has 6 heteroatoms. The summed E-state index contributed by atoms with van der Waals surface area (Å²) in [5.74, 6) is 4.51. The van der Waals surface area contributed by atoms with Gasteiger partial charge in [-0.1, -0.05) is 27.9 Å². The summed E-state index contributed by atoms with van der Waals surface area (Å²) in [6.07, 6.45) is 6.93. The van der Waals surface area contributed by atoms with Crippen molar-refractivity contribution >= 4 is 22.1 Å². The molecule has 130 valence electrons. The first kappa shape index (κ1) is 18.7. The lowest BCUT2D eigenvalue weighted by Gasteiger charge is -2.09. The third-order valence-corrected chi connectivity index (χ3v) is 3.80. The van der Waals surface area contributed by atoms with Crippen molar-refractivity contribution in [1.82, 2.24) is 5.43 Å². The number of hydrogen-bond donors (Lipinski definition) is 1. The van der Waals surface area contributed by atoms with Crippen molar-refractivity contribution < 1.29 is 14.2 Å². The van der Waals surface area contributed by atoms with Crippen LogP contribution in [0, 0.1) is 12.3 Å². The maximum Gasteiger partial charge on any atom is 0.161 e. The Balaban J connectivity index is 2.02. The van der Waals surface area contributed by atoms with Crippen molar-refractivity contribution in [1.29, 1.82) is 0 Å². The number of hydrazone groups is 1. The van der Waals surface area contributed by atoms with Gasteiger partial charge in [0.1, 0.15) is 12.4 Å². The van der Waals surface area contributed by atoms with Crippen LogP contribution in [0.5, 0.6) is 17.2 Å². The quantitative estimate of drug-likeness (QED) is 0.416. The van der Waals surface area contributed by atoms with E-state index in [9.17, 15) is 0 Å². The van der Waals surface area contributed by atoms with E-state index in [2.05, 4.69) is 32.4 Å². The average molecular weight is 403 g/mol. The summed E-state index contributed by atoms with van der Waals surface area (Å²) in [5, 5.41) is 4.25. The third-order valence-electron chi connectivity index (χ3n) is 3.31. The monoisotopic (exact) mass is 402 g/mol. The van der Waals surface area contributed by atoms with Crippen LogP contribution in [0.2, 0.25) is 0 Å². The largest absolute Gasteiger partial charge is 0.493 e. The maximum atomic E-state index is 5.51. The highest BCUT2D eigenvalue weighted by Crippen LogP contribution is 2.27. The van der Waals surface area contributed by atoms with E-state index in [1.165, 1.54) is 0 Å². The zero-order valence-corrected chi connectivity index (χ0v) is 15.7. The lowest BCUT2D eigenvalue weighted by Crippen LogP contribution is -2.06. The molecule has 0 spiro atoms. The topological polar surface area (TPSA) is 52.1 Å². The van der Waals surface area contributed by atoms with Crippen LogP contribution in [0.3, 0.4) is 0 Å². The van der Waals surface area contributed by atoms with Crippen molar-refractivity contribution in [2.24, 2.45) is 5.10 Å². The van der Waals surface area contributed by atoms with E-state index in [-0.39, 0.29) is 6.61 Å². The van der Waals surface area contributed by atoms with E-state index >= 15 is 0 Å². The summed E-state index contributed by atoms with van der Waals surface area (Å²) < 4.78 is 17.0. The molecule has 2 rings (SSSR count). The minimum atomic E-state index is 0.210. The molecule has 0 aliphatic carbocycles. The van der Waals surface area contributed by atoms with Crippen LogP contribution < -0.4 is 19.6 Å². The number of terminal acetylenes is 1. The molecule has 0 unspecified atom stereocenters. The molecule has 25 heavy (non-hydrogen) atoms. The second kappa shape index (κ2) is 9.60. The van der Waals surface area contributed by atoms with E-state index in [4.69, 9.17) is 20.6 Å². The Morgan fingerprint density at radius 2 is 1.88 bits per heavy atom. The SMILES string of the molecule is C#CCOc1ccc(Br)cc1/C=N/NCc1ccc(OC)c(OC)c1. The maximum absolute atomic E-state index is 5.51. The highest BCUT2D eigenvalue weighted by molar-refractivity contribution is 9.10. The number of methoxy groups -OCH3 is 2. The highest BCUT2D eigenvalue weighted by atomic mass is 79.9. The molecule has 0 saturated heterocycles. The van der Waals surface area contributed by atoms with Crippen LogP contribution in [0.15, 0.2) is 46.0 Å². The Morgan fingerprint density at radius 3 is 2.60 bits per heavy atom. The Bertz CT molecular complexity index is 785. The molecule has 2 aromatic carbocycles. The summed E-state index contributed by atoms with van der Waals surface area (Å²) in [5.41, 5.74) is 4.85. The van der Waals surface area contributed by atoms with Gasteiger partial charge in [0.15, 0.2) is 11.5 Å². The third kappa shape index (κ3) is 5.44. The summed E-state index contributed by atoms with van der Waals surface area (Å²) in [4.78, 5) is 0. The normalized spacial score (nSPS) is 10.3. The average Bonchev–Trinajstić information content (AvgIpc) is 2.64. The fourth-order valence-electron chi connectivity index (χ4n) is 2.11. The highest BCUT2D eigenvalue weighted by Gasteiger charge is 2.04. The standard InChI is InChI=1S/C19H19BrN2O3/c1-4-9-25-17-8-6-16(20)11-15(17)13-22-21-12-14-5-7-18(23-2)19(10-14)24-3/h1,5-8,10-11,13,21H,9,12H2,2-3H3/b22-13+. The van der Waals surface area contributed by atoms with Gasteiger partial charge in [-0.2, -0.15) is 5.10 Å². The van der Waals surface area contributed by atoms with Crippen molar-refractivity contribution in [3.05, 3.63) is 52.0 Å². The van der Waals surface area contributed by atoms with Crippen molar-refractivity contribution in [3.63, 3.8) is 0 Å². The lowest BCUT2D eigenvalue weighted by molar-refractivity contribution is 0.354. The molecule has 2 aromatic rings. The van der Waals surface area contributed by atoms with E-state index in [0.29, 0.717) is 23.8 Å². The van der Waals surface area contributed by atoms with Gasteiger partial charge in [-0.05, 0) is 35.9 Å². The molecule has 0 atom stereocenters. The van der Waals surface area contributed by atoms with Crippen LogP contribution in [-0.2, 0) is 6.54 Å². The molecule has 0 heterocycles. The molecule has 0 radical (unpaired) electrons. The Kier molecular flexibility index (Phi) is 7.17. The molecule has 0 bridgehead atoms. The first-order chi connectivity index (χ1) is 12.2. The number of nitrogens with one attached hydrogen (secondary N) is 1. The van der Waals surface area contributed by atoms with Gasteiger partial charge in [0.25, 0.3) is 0 Å². The van der Waals surface area contributed by atoms with Crippen molar-refractivity contribution in [3.8, 4) is 29.6 Å². The molecular weight excluding hydrogens is 384 g/mol. The van der Waals surface area contributed by atoms with Crippen LogP contribution in [-0.4, -0.2) is 27.0 Å². The number of nitrogens with zero attached hydrogens (tertiary/aromatic N) is 1. The van der Waals surface area contributed by atoms with Gasteiger partial charge in [-0.25, -0.2) is 0 Å². The molecule has 0 fully saturated rings. The molecule has 1 N–H and O–H groups in total. The molecule has 0 aromatic heterocycles. The Labute approximate surface area is 156 Å². The second-order valence-corrected chi connectivity index (χ2v) is 5.87. The first-order valence-electron chi connectivity index (χ1n) is 7.50. The predicted molar refractivity (Wildman–Crippen MR) is 102 cm³/mol. The summed E-state index contributed by atoms with van der Waals surface area (Å²) in [6.45, 7) is 0.757. The van der Waals surface area contributed by atoms with Gasteiger partial charge >= 0.3 is 0 Å². The first-order valence-corrected chi connectivity index (χ1v) is 8.30. The van der Waals surface area contributed by atoms with E-state index in [1.807, 2.05) is 36.4 Å².